The van der Waals surface area contributed by atoms with Crippen molar-refractivity contribution < 1.29 is 26.8 Å². The minimum absolute atomic E-state index is 0. The first kappa shape index (κ1) is 17.3. The average molecular weight is 221 g/mol. The van der Waals surface area contributed by atoms with Gasteiger partial charge in [-0.3, -0.25) is 0 Å². The maximum atomic E-state index is 8.27. The van der Waals surface area contributed by atoms with Gasteiger partial charge >= 0.3 is 23.1 Å². The smallest absolute Gasteiger partial charge is 1.00 e. The van der Waals surface area contributed by atoms with E-state index in [1.165, 1.54) is 0 Å². The van der Waals surface area contributed by atoms with Crippen LogP contribution in [0.25, 0.3) is 0 Å². The van der Waals surface area contributed by atoms with E-state index in [9.17, 15) is 0 Å². The van der Waals surface area contributed by atoms with Crippen LogP contribution in [0.3, 0.4) is 0 Å². The normalized spacial score (nSPS) is 7.80. The van der Waals surface area contributed by atoms with Crippen LogP contribution in [0.1, 0.15) is 12.8 Å². The molecule has 0 bridgehead atoms. The summed E-state index contributed by atoms with van der Waals surface area (Å²) >= 11 is 0. The standard InChI is InChI=1S/C6H13O2.BrH.Mg/c1-2-5-8-6-3-4-7;;/h7H,1-6H2;1H;/q-1;;+2/p-1. The number of ether oxygens (including phenoxy) is 1. The van der Waals surface area contributed by atoms with Crippen LogP contribution in [-0.4, -0.2) is 48.0 Å². The number of halogens is 1. The molecule has 0 unspecified atom stereocenters. The molecule has 0 radical (unpaired) electrons. The molecule has 0 spiro atoms. The minimum Gasteiger partial charge on any atom is -1.00 e. The Morgan fingerprint density at radius 3 is 2.30 bits per heavy atom. The zero-order valence-electron chi connectivity index (χ0n) is 6.18. The van der Waals surface area contributed by atoms with Gasteiger partial charge in [-0.2, -0.15) is 6.42 Å². The van der Waals surface area contributed by atoms with Crippen LogP contribution in [0.15, 0.2) is 0 Å². The number of aliphatic hydroxyl groups excluding tert-OH is 1. The van der Waals surface area contributed by atoms with Crippen LogP contribution in [0.2, 0.25) is 0 Å². The summed E-state index contributed by atoms with van der Waals surface area (Å²) in [4.78, 5) is 0. The van der Waals surface area contributed by atoms with Crippen molar-refractivity contribution in [1.82, 2.24) is 0 Å². The molecule has 0 aliphatic rings. The van der Waals surface area contributed by atoms with Gasteiger partial charge in [0.1, 0.15) is 0 Å². The number of hydrogen-bond acceptors (Lipinski definition) is 2. The predicted octanol–water partition coefficient (Wildman–Crippen LogP) is -2.77. The van der Waals surface area contributed by atoms with Gasteiger partial charge in [0.2, 0.25) is 0 Å². The van der Waals surface area contributed by atoms with Crippen molar-refractivity contribution in [2.75, 3.05) is 19.8 Å². The Balaban J connectivity index is -0.000000245. The van der Waals surface area contributed by atoms with Crippen LogP contribution < -0.4 is 17.0 Å². The number of rotatable bonds is 5. The van der Waals surface area contributed by atoms with Crippen LogP contribution in [0.4, 0.5) is 0 Å². The Morgan fingerprint density at radius 2 is 1.90 bits per heavy atom. The van der Waals surface area contributed by atoms with Gasteiger partial charge in [-0.25, -0.2) is 0 Å². The number of hydrogen-bond donors (Lipinski definition) is 1. The van der Waals surface area contributed by atoms with Gasteiger partial charge in [0.15, 0.2) is 0 Å². The molecule has 0 atom stereocenters. The first-order valence-electron chi connectivity index (χ1n) is 2.89. The Morgan fingerprint density at radius 1 is 1.30 bits per heavy atom. The molecule has 0 aromatic rings. The zero-order valence-corrected chi connectivity index (χ0v) is 9.18. The topological polar surface area (TPSA) is 29.5 Å². The summed E-state index contributed by atoms with van der Waals surface area (Å²) in [6, 6.07) is 0. The molecule has 4 heteroatoms. The van der Waals surface area contributed by atoms with Crippen molar-refractivity contribution in [3.8, 4) is 0 Å². The molecule has 0 fully saturated rings. The molecule has 0 rings (SSSR count). The van der Waals surface area contributed by atoms with E-state index in [1.807, 2.05) is 0 Å². The quantitative estimate of drug-likeness (QED) is 0.309. The van der Waals surface area contributed by atoms with Gasteiger partial charge in [0, 0.05) is 19.8 Å². The van der Waals surface area contributed by atoms with E-state index >= 15 is 0 Å². The van der Waals surface area contributed by atoms with E-state index in [1.54, 1.807) is 0 Å². The maximum absolute atomic E-state index is 8.27. The molecular formula is C6H13BrMgO2. The van der Waals surface area contributed by atoms with Gasteiger partial charge in [-0.1, -0.05) is 0 Å². The molecule has 2 nitrogen and oxygen atoms in total. The zero-order chi connectivity index (χ0) is 6.24. The van der Waals surface area contributed by atoms with Crippen LogP contribution >= 0.6 is 0 Å². The molecule has 0 aromatic heterocycles. The summed E-state index contributed by atoms with van der Waals surface area (Å²) in [5.74, 6) is 0. The van der Waals surface area contributed by atoms with E-state index in [4.69, 9.17) is 9.84 Å². The van der Waals surface area contributed by atoms with Crippen molar-refractivity contribution in [3.05, 3.63) is 6.92 Å². The third kappa shape index (κ3) is 16.1. The molecule has 0 heterocycles. The van der Waals surface area contributed by atoms with E-state index < -0.39 is 0 Å². The summed E-state index contributed by atoms with van der Waals surface area (Å²) in [7, 11) is 0. The molecular weight excluding hydrogens is 208 g/mol. The second-order valence-corrected chi connectivity index (χ2v) is 1.54. The Labute approximate surface area is 89.3 Å². The molecule has 58 valence electrons. The molecule has 10 heavy (non-hydrogen) atoms. The molecule has 1 N–H and O–H groups in total. The molecule has 0 aromatic carbocycles. The van der Waals surface area contributed by atoms with Crippen molar-refractivity contribution in [1.29, 1.82) is 0 Å². The Hall–Kier alpha value is 1.17. The second kappa shape index (κ2) is 16.6. The van der Waals surface area contributed by atoms with Gasteiger partial charge in [0.25, 0.3) is 0 Å². The van der Waals surface area contributed by atoms with Crippen molar-refractivity contribution >= 4 is 23.1 Å². The SMILES string of the molecule is [Br-].[CH2-]CCOCCCO.[Mg+2]. The third-order valence-electron chi connectivity index (χ3n) is 0.735. The summed E-state index contributed by atoms with van der Waals surface area (Å²) in [6.07, 6.45) is 1.55. The largest absolute Gasteiger partial charge is 2.00 e. The first-order chi connectivity index (χ1) is 3.91. The third-order valence-corrected chi connectivity index (χ3v) is 0.735. The number of aliphatic hydroxyl groups is 1. The van der Waals surface area contributed by atoms with E-state index in [-0.39, 0.29) is 46.6 Å². The first-order valence-corrected chi connectivity index (χ1v) is 2.89. The Bertz CT molecular complexity index is 40.7. The monoisotopic (exact) mass is 220 g/mol. The second-order valence-electron chi connectivity index (χ2n) is 1.54. The predicted molar refractivity (Wildman–Crippen MR) is 38.2 cm³/mol. The molecule has 0 saturated carbocycles. The van der Waals surface area contributed by atoms with Gasteiger partial charge in [-0.05, 0) is 6.42 Å². The van der Waals surface area contributed by atoms with Gasteiger partial charge in [-0.15, -0.1) is 0 Å². The fourth-order valence-corrected chi connectivity index (χ4v) is 0.371. The maximum Gasteiger partial charge on any atom is 2.00 e. The fraction of sp³-hybridized carbons (Fsp3) is 0.833. The fourth-order valence-electron chi connectivity index (χ4n) is 0.371. The summed E-state index contributed by atoms with van der Waals surface area (Å²) in [5, 5.41) is 8.27. The van der Waals surface area contributed by atoms with Crippen LogP contribution in [-0.2, 0) is 4.74 Å². The van der Waals surface area contributed by atoms with Crippen molar-refractivity contribution in [3.63, 3.8) is 0 Å². The van der Waals surface area contributed by atoms with Gasteiger partial charge in [0.05, 0.1) is 0 Å². The van der Waals surface area contributed by atoms with E-state index in [2.05, 4.69) is 6.92 Å². The van der Waals surface area contributed by atoms with E-state index in [0.717, 1.165) is 12.8 Å². The van der Waals surface area contributed by atoms with Crippen LogP contribution in [0.5, 0.6) is 0 Å². The van der Waals surface area contributed by atoms with Crippen molar-refractivity contribution in [2.45, 2.75) is 12.8 Å². The Kier molecular flexibility index (Phi) is 28.8. The molecule has 0 amide bonds. The minimum atomic E-state index is 0. The molecule has 0 aliphatic heterocycles. The summed E-state index contributed by atoms with van der Waals surface area (Å²) in [6.45, 7) is 5.18. The summed E-state index contributed by atoms with van der Waals surface area (Å²) in [5.41, 5.74) is 0. The molecule has 0 saturated heterocycles. The average Bonchev–Trinajstić information content (AvgIpc) is 1.81. The molecule has 0 aliphatic carbocycles. The summed E-state index contributed by atoms with van der Waals surface area (Å²) < 4.78 is 5.00. The van der Waals surface area contributed by atoms with Crippen LogP contribution in [0, 0.1) is 6.92 Å². The van der Waals surface area contributed by atoms with Gasteiger partial charge < -0.3 is 33.7 Å². The van der Waals surface area contributed by atoms with E-state index in [0.29, 0.717) is 13.2 Å². The van der Waals surface area contributed by atoms with Crippen molar-refractivity contribution in [2.24, 2.45) is 0 Å².